The van der Waals surface area contributed by atoms with Gasteiger partial charge in [-0.3, -0.25) is 0 Å². The molecule has 18 heavy (non-hydrogen) atoms. The standard InChI is InChI=1S/C15H27NOSi/c1-15(2,3)18(4,5)17-14-11-7-6-9-13(14)10-8-12-16/h8,10,13-14H,6-7,9,11H2,1-5H3/t13?,14-/m0/s1. The Balaban J connectivity index is 2.74. The molecule has 2 atom stereocenters. The van der Waals surface area contributed by atoms with Gasteiger partial charge in [-0.25, -0.2) is 0 Å². The predicted octanol–water partition coefficient (Wildman–Crippen LogP) is 4.65. The van der Waals surface area contributed by atoms with E-state index >= 15 is 0 Å². The molecule has 0 amide bonds. The van der Waals surface area contributed by atoms with Crippen molar-refractivity contribution in [2.75, 3.05) is 0 Å². The molecule has 3 heteroatoms. The maximum absolute atomic E-state index is 8.68. The summed E-state index contributed by atoms with van der Waals surface area (Å²) in [7, 11) is -1.69. The summed E-state index contributed by atoms with van der Waals surface area (Å²) in [6.07, 6.45) is 8.83. The molecule has 1 saturated carbocycles. The highest BCUT2D eigenvalue weighted by molar-refractivity contribution is 6.74. The van der Waals surface area contributed by atoms with Crippen LogP contribution in [0.5, 0.6) is 0 Å². The number of hydrogen-bond donors (Lipinski definition) is 0. The molecule has 1 aliphatic rings. The lowest BCUT2D eigenvalue weighted by Crippen LogP contribution is -2.46. The molecule has 0 aliphatic heterocycles. The zero-order chi connectivity index (χ0) is 13.8. The fourth-order valence-corrected chi connectivity index (χ4v) is 3.62. The van der Waals surface area contributed by atoms with Crippen LogP contribution >= 0.6 is 0 Å². The maximum atomic E-state index is 8.68. The van der Waals surface area contributed by atoms with E-state index in [4.69, 9.17) is 9.69 Å². The molecule has 1 fully saturated rings. The van der Waals surface area contributed by atoms with Crippen molar-refractivity contribution < 1.29 is 4.43 Å². The van der Waals surface area contributed by atoms with E-state index in [0.29, 0.717) is 12.0 Å². The van der Waals surface area contributed by atoms with Gasteiger partial charge in [-0.1, -0.05) is 39.7 Å². The van der Waals surface area contributed by atoms with Crippen molar-refractivity contribution in [3.05, 3.63) is 12.2 Å². The molecule has 102 valence electrons. The molecule has 2 nitrogen and oxygen atoms in total. The van der Waals surface area contributed by atoms with Gasteiger partial charge in [0.15, 0.2) is 8.32 Å². The highest BCUT2D eigenvalue weighted by Crippen LogP contribution is 2.40. The summed E-state index contributed by atoms with van der Waals surface area (Å²) in [5.41, 5.74) is 0. The van der Waals surface area contributed by atoms with Gasteiger partial charge >= 0.3 is 0 Å². The van der Waals surface area contributed by atoms with Gasteiger partial charge in [0.2, 0.25) is 0 Å². The van der Waals surface area contributed by atoms with Crippen molar-refractivity contribution in [2.24, 2.45) is 5.92 Å². The molecule has 0 saturated heterocycles. The summed E-state index contributed by atoms with van der Waals surface area (Å²) in [5.74, 6) is 0.438. The molecule has 0 aromatic carbocycles. The number of nitrogens with zero attached hydrogens (tertiary/aromatic N) is 1. The molecular formula is C15H27NOSi. The van der Waals surface area contributed by atoms with Crippen molar-refractivity contribution in [3.8, 4) is 6.07 Å². The van der Waals surface area contributed by atoms with Crippen LogP contribution in [0.4, 0.5) is 0 Å². The fourth-order valence-electron chi connectivity index (χ4n) is 2.21. The van der Waals surface area contributed by atoms with Crippen molar-refractivity contribution in [3.63, 3.8) is 0 Å². The third kappa shape index (κ3) is 3.96. The summed E-state index contributed by atoms with van der Waals surface area (Å²) in [6.45, 7) is 11.5. The second-order valence-corrected chi connectivity index (χ2v) is 11.6. The van der Waals surface area contributed by atoms with Crippen LogP contribution in [0.2, 0.25) is 18.1 Å². The summed E-state index contributed by atoms with van der Waals surface area (Å²) >= 11 is 0. The molecule has 1 rings (SSSR count). The van der Waals surface area contributed by atoms with E-state index in [1.165, 1.54) is 12.8 Å². The second kappa shape index (κ2) is 6.03. The molecule has 0 radical (unpaired) electrons. The molecule has 1 unspecified atom stereocenters. The van der Waals surface area contributed by atoms with Crippen LogP contribution in [0.25, 0.3) is 0 Å². The van der Waals surface area contributed by atoms with E-state index in [-0.39, 0.29) is 5.04 Å². The summed E-state index contributed by atoms with van der Waals surface area (Å²) in [4.78, 5) is 0. The fraction of sp³-hybridized carbons (Fsp3) is 0.800. The lowest BCUT2D eigenvalue weighted by Gasteiger charge is -2.42. The van der Waals surface area contributed by atoms with Gasteiger partial charge in [0.1, 0.15) is 0 Å². The second-order valence-electron chi connectivity index (χ2n) is 6.85. The Hall–Kier alpha value is -0.593. The Morgan fingerprint density at radius 3 is 2.39 bits per heavy atom. The Kier molecular flexibility index (Phi) is 5.18. The van der Waals surface area contributed by atoms with E-state index in [0.717, 1.165) is 12.8 Å². The van der Waals surface area contributed by atoms with Crippen LogP contribution in [-0.4, -0.2) is 14.4 Å². The number of rotatable bonds is 3. The summed E-state index contributed by atoms with van der Waals surface area (Å²) < 4.78 is 6.53. The quantitative estimate of drug-likeness (QED) is 0.550. The van der Waals surface area contributed by atoms with Gasteiger partial charge < -0.3 is 4.43 Å². The van der Waals surface area contributed by atoms with E-state index < -0.39 is 8.32 Å². The van der Waals surface area contributed by atoms with Gasteiger partial charge in [0.05, 0.1) is 12.2 Å². The zero-order valence-electron chi connectivity index (χ0n) is 12.5. The average molecular weight is 265 g/mol. The van der Waals surface area contributed by atoms with Crippen molar-refractivity contribution in [2.45, 2.75) is 70.7 Å². The monoisotopic (exact) mass is 265 g/mol. The molecular weight excluding hydrogens is 238 g/mol. The van der Waals surface area contributed by atoms with Gasteiger partial charge in [0, 0.05) is 12.0 Å². The first-order valence-corrected chi connectivity index (χ1v) is 9.93. The number of hydrogen-bond acceptors (Lipinski definition) is 2. The predicted molar refractivity (Wildman–Crippen MR) is 78.8 cm³/mol. The lowest BCUT2D eigenvalue weighted by molar-refractivity contribution is 0.102. The minimum atomic E-state index is -1.69. The average Bonchev–Trinajstić information content (AvgIpc) is 2.26. The largest absolute Gasteiger partial charge is 0.413 e. The molecule has 0 aromatic rings. The molecule has 0 bridgehead atoms. The third-order valence-electron chi connectivity index (χ3n) is 4.42. The van der Waals surface area contributed by atoms with Crippen molar-refractivity contribution in [1.29, 1.82) is 5.26 Å². The Labute approximate surface area is 113 Å². The first-order valence-electron chi connectivity index (χ1n) is 7.02. The SMILES string of the molecule is CC(C)(C)[Si](C)(C)O[C@H]1CCCCC1C=CC#N. The van der Waals surface area contributed by atoms with Crippen LogP contribution in [-0.2, 0) is 4.43 Å². The smallest absolute Gasteiger partial charge is 0.192 e. The molecule has 1 aliphatic carbocycles. The Morgan fingerprint density at radius 2 is 1.83 bits per heavy atom. The lowest BCUT2D eigenvalue weighted by atomic mass is 9.86. The zero-order valence-corrected chi connectivity index (χ0v) is 13.5. The van der Waals surface area contributed by atoms with Gasteiger partial charge in [-0.2, -0.15) is 5.26 Å². The normalized spacial score (nSPS) is 26.2. The highest BCUT2D eigenvalue weighted by Gasteiger charge is 2.40. The summed E-state index contributed by atoms with van der Waals surface area (Å²) in [6, 6.07) is 2.10. The topological polar surface area (TPSA) is 33.0 Å². The first-order chi connectivity index (χ1) is 8.28. The van der Waals surface area contributed by atoms with Crippen molar-refractivity contribution in [1.82, 2.24) is 0 Å². The Bertz CT molecular complexity index is 335. The number of nitriles is 1. The van der Waals surface area contributed by atoms with E-state index in [9.17, 15) is 0 Å². The van der Waals surface area contributed by atoms with Crippen LogP contribution < -0.4 is 0 Å². The van der Waals surface area contributed by atoms with Crippen LogP contribution in [0.15, 0.2) is 12.2 Å². The molecule has 0 N–H and O–H groups in total. The van der Waals surface area contributed by atoms with Gasteiger partial charge in [-0.15, -0.1) is 0 Å². The minimum absolute atomic E-state index is 0.258. The van der Waals surface area contributed by atoms with E-state index in [1.54, 1.807) is 6.08 Å². The molecule has 0 spiro atoms. The first kappa shape index (κ1) is 15.5. The van der Waals surface area contributed by atoms with Crippen LogP contribution in [0.1, 0.15) is 46.5 Å². The van der Waals surface area contributed by atoms with Crippen molar-refractivity contribution >= 4 is 8.32 Å². The van der Waals surface area contributed by atoms with E-state index in [1.807, 2.05) is 0 Å². The summed E-state index contributed by atoms with van der Waals surface area (Å²) in [5, 5.41) is 8.93. The molecule has 0 heterocycles. The number of allylic oxidation sites excluding steroid dienone is 1. The molecule has 0 aromatic heterocycles. The maximum Gasteiger partial charge on any atom is 0.192 e. The third-order valence-corrected chi connectivity index (χ3v) is 8.93. The van der Waals surface area contributed by atoms with Crippen LogP contribution in [0.3, 0.4) is 0 Å². The van der Waals surface area contributed by atoms with Crippen LogP contribution in [0, 0.1) is 17.2 Å². The highest BCUT2D eigenvalue weighted by atomic mass is 28.4. The van der Waals surface area contributed by atoms with Gasteiger partial charge in [-0.05, 0) is 31.0 Å². The van der Waals surface area contributed by atoms with E-state index in [2.05, 4.69) is 46.0 Å². The Morgan fingerprint density at radius 1 is 1.22 bits per heavy atom. The van der Waals surface area contributed by atoms with Gasteiger partial charge in [0.25, 0.3) is 0 Å². The minimum Gasteiger partial charge on any atom is -0.413 e.